The second kappa shape index (κ2) is 16.7. The Bertz CT molecular complexity index is 3880. The van der Waals surface area contributed by atoms with Gasteiger partial charge < -0.3 is 9.80 Å². The zero-order valence-corrected chi connectivity index (χ0v) is 36.9. The Kier molecular flexibility index (Phi) is 9.98. The SMILES string of the molecule is N#Cc1ccc(N(c2c(F)cc(F)cc2-c2ccc3ccccc3c2)c2ccc3ccc4c(N(c5ccc(C#N)cc5)c5c(F)cc(F)cc5-c5ccc6ccccc6c5)ccc5ccc2c3c54)cc1. The van der Waals surface area contributed by atoms with E-state index in [-0.39, 0.29) is 11.4 Å². The van der Waals surface area contributed by atoms with Crippen molar-refractivity contribution < 1.29 is 17.6 Å². The summed E-state index contributed by atoms with van der Waals surface area (Å²) in [4.78, 5) is 3.56. The molecule has 0 atom stereocenters. The standard InChI is InChI=1S/C62H34F4N4/c63-47-31-53(45-15-13-39-5-1-3-7-43(39)29-45)61(55(65)33-47)69(49-21-9-37(35-67)10-22-49)57-27-19-41-18-26-52-58(28-20-42-17-25-51(57)59(41)60(42)52)70(50-23-11-38(36-68)12-24-50)62-54(32-48(64)34-56(62)66)46-16-14-40-6-2-4-8-44(40)30-46/h1-34H. The monoisotopic (exact) mass is 910 g/mol. The van der Waals surface area contributed by atoms with Crippen molar-refractivity contribution >= 4 is 88.0 Å². The van der Waals surface area contributed by atoms with Gasteiger partial charge in [-0.1, -0.05) is 109 Å². The van der Waals surface area contributed by atoms with Crippen molar-refractivity contribution in [2.75, 3.05) is 9.80 Å². The van der Waals surface area contributed by atoms with Crippen molar-refractivity contribution in [3.63, 3.8) is 0 Å². The quantitative estimate of drug-likeness (QED) is 0.113. The van der Waals surface area contributed by atoms with Gasteiger partial charge >= 0.3 is 0 Å². The van der Waals surface area contributed by atoms with Gasteiger partial charge in [-0.05, 0) is 139 Å². The zero-order chi connectivity index (χ0) is 47.6. The van der Waals surface area contributed by atoms with Crippen LogP contribution in [0, 0.1) is 45.9 Å². The van der Waals surface area contributed by atoms with E-state index in [1.54, 1.807) is 58.3 Å². The molecule has 0 N–H and O–H groups in total. The Morgan fingerprint density at radius 1 is 0.343 bits per heavy atom. The first-order chi connectivity index (χ1) is 34.2. The molecule has 0 radical (unpaired) electrons. The molecule has 0 aliphatic rings. The molecule has 12 rings (SSSR count). The lowest BCUT2D eigenvalue weighted by atomic mass is 9.91. The maximum atomic E-state index is 17.1. The van der Waals surface area contributed by atoms with Crippen LogP contribution in [0.15, 0.2) is 206 Å². The number of nitriles is 2. The first-order valence-corrected chi connectivity index (χ1v) is 22.5. The number of benzene rings is 12. The summed E-state index contributed by atoms with van der Waals surface area (Å²) < 4.78 is 65.2. The van der Waals surface area contributed by atoms with Crippen molar-refractivity contribution in [1.82, 2.24) is 0 Å². The second-order valence-corrected chi connectivity index (χ2v) is 17.3. The lowest BCUT2D eigenvalue weighted by Crippen LogP contribution is -2.15. The lowest BCUT2D eigenvalue weighted by molar-refractivity contribution is 0.584. The molecule has 8 heteroatoms. The fourth-order valence-corrected chi connectivity index (χ4v) is 10.0. The Morgan fingerprint density at radius 3 is 1.11 bits per heavy atom. The highest BCUT2D eigenvalue weighted by Crippen LogP contribution is 2.51. The van der Waals surface area contributed by atoms with Gasteiger partial charge in [-0.25, -0.2) is 17.6 Å². The van der Waals surface area contributed by atoms with Gasteiger partial charge in [-0.2, -0.15) is 10.5 Å². The summed E-state index contributed by atoms with van der Waals surface area (Å²) in [5.41, 5.74) is 5.11. The summed E-state index contributed by atoms with van der Waals surface area (Å²) in [5.74, 6) is -3.05. The number of anilines is 6. The van der Waals surface area contributed by atoms with Crippen LogP contribution >= 0.6 is 0 Å². The molecule has 0 fully saturated rings. The van der Waals surface area contributed by atoms with Gasteiger partial charge in [-0.15, -0.1) is 0 Å². The van der Waals surface area contributed by atoms with E-state index in [0.29, 0.717) is 56.1 Å². The molecule has 0 unspecified atom stereocenters. The molecular weight excluding hydrogens is 877 g/mol. The first kappa shape index (κ1) is 41.9. The van der Waals surface area contributed by atoms with E-state index in [1.807, 2.05) is 133 Å². The molecule has 0 amide bonds. The van der Waals surface area contributed by atoms with Crippen LogP contribution < -0.4 is 9.80 Å². The minimum Gasteiger partial charge on any atom is -0.307 e. The molecule has 0 spiro atoms. The highest BCUT2D eigenvalue weighted by molar-refractivity contribution is 6.28. The predicted octanol–water partition coefficient (Wildman–Crippen LogP) is 17.5. The van der Waals surface area contributed by atoms with Crippen LogP contribution in [0.3, 0.4) is 0 Å². The number of halogens is 4. The average molecular weight is 911 g/mol. The van der Waals surface area contributed by atoms with Gasteiger partial charge in [0.25, 0.3) is 0 Å². The largest absolute Gasteiger partial charge is 0.307 e. The molecule has 4 nitrogen and oxygen atoms in total. The third kappa shape index (κ3) is 6.98. The van der Waals surface area contributed by atoms with E-state index in [9.17, 15) is 10.5 Å². The van der Waals surface area contributed by atoms with E-state index in [0.717, 1.165) is 66.0 Å². The zero-order valence-electron chi connectivity index (χ0n) is 36.9. The molecule has 70 heavy (non-hydrogen) atoms. The van der Waals surface area contributed by atoms with Gasteiger partial charge in [0.15, 0.2) is 11.6 Å². The van der Waals surface area contributed by atoms with Crippen LogP contribution in [0.1, 0.15) is 11.1 Å². The summed E-state index contributed by atoms with van der Waals surface area (Å²) >= 11 is 0. The normalized spacial score (nSPS) is 11.4. The molecule has 0 saturated carbocycles. The molecule has 0 saturated heterocycles. The van der Waals surface area contributed by atoms with Gasteiger partial charge in [0.2, 0.25) is 0 Å². The van der Waals surface area contributed by atoms with Crippen LogP contribution in [-0.2, 0) is 0 Å². The Morgan fingerprint density at radius 2 is 0.714 bits per heavy atom. The van der Waals surface area contributed by atoms with Crippen LogP contribution in [-0.4, -0.2) is 0 Å². The summed E-state index contributed by atoms with van der Waals surface area (Å²) in [6, 6.07) is 65.2. The summed E-state index contributed by atoms with van der Waals surface area (Å²) in [7, 11) is 0. The van der Waals surface area contributed by atoms with Crippen molar-refractivity contribution in [2.45, 2.75) is 0 Å². The lowest BCUT2D eigenvalue weighted by Gasteiger charge is -2.31. The predicted molar refractivity (Wildman–Crippen MR) is 275 cm³/mol. The molecule has 0 aromatic heterocycles. The van der Waals surface area contributed by atoms with E-state index in [4.69, 9.17) is 0 Å². The molecule has 12 aromatic carbocycles. The molecular formula is C62H34F4N4. The molecule has 0 aliphatic carbocycles. The first-order valence-electron chi connectivity index (χ1n) is 22.5. The molecule has 0 heterocycles. The topological polar surface area (TPSA) is 54.1 Å². The number of fused-ring (bicyclic) bond motifs is 2. The van der Waals surface area contributed by atoms with Crippen LogP contribution in [0.4, 0.5) is 51.7 Å². The maximum Gasteiger partial charge on any atom is 0.150 e. The van der Waals surface area contributed by atoms with Gasteiger partial charge in [0.05, 0.1) is 46.0 Å². The van der Waals surface area contributed by atoms with Crippen LogP contribution in [0.2, 0.25) is 0 Å². The van der Waals surface area contributed by atoms with E-state index >= 15 is 17.6 Å². The summed E-state index contributed by atoms with van der Waals surface area (Å²) in [6.07, 6.45) is 0. The van der Waals surface area contributed by atoms with Crippen molar-refractivity contribution in [2.24, 2.45) is 0 Å². The average Bonchev–Trinajstić information content (AvgIpc) is 3.39. The van der Waals surface area contributed by atoms with Gasteiger partial charge in [-0.3, -0.25) is 0 Å². The number of hydrogen-bond donors (Lipinski definition) is 0. The third-order valence-corrected chi connectivity index (χ3v) is 13.2. The summed E-state index contributed by atoms with van der Waals surface area (Å²) in [5, 5.41) is 28.2. The number of nitrogens with zero attached hydrogens (tertiary/aromatic N) is 4. The van der Waals surface area contributed by atoms with Crippen molar-refractivity contribution in [1.29, 1.82) is 10.5 Å². The molecule has 0 aliphatic heterocycles. The van der Waals surface area contributed by atoms with Crippen LogP contribution in [0.5, 0.6) is 0 Å². The van der Waals surface area contributed by atoms with Gasteiger partial charge in [0.1, 0.15) is 11.6 Å². The minimum atomic E-state index is -0.790. The van der Waals surface area contributed by atoms with E-state index < -0.39 is 23.3 Å². The Hall–Kier alpha value is -9.50. The van der Waals surface area contributed by atoms with Gasteiger partial charge in [0, 0.05) is 45.4 Å². The van der Waals surface area contributed by atoms with Crippen LogP contribution in [0.25, 0.3) is 76.1 Å². The number of rotatable bonds is 8. The highest BCUT2D eigenvalue weighted by Gasteiger charge is 2.28. The number of hydrogen-bond acceptors (Lipinski definition) is 4. The minimum absolute atomic E-state index is 0.108. The van der Waals surface area contributed by atoms with E-state index in [2.05, 4.69) is 12.1 Å². The van der Waals surface area contributed by atoms with Crippen molar-refractivity contribution in [3.05, 3.63) is 241 Å². The van der Waals surface area contributed by atoms with E-state index in [1.165, 1.54) is 12.1 Å². The Labute approximate surface area is 399 Å². The smallest absolute Gasteiger partial charge is 0.150 e. The van der Waals surface area contributed by atoms with Crippen molar-refractivity contribution in [3.8, 4) is 34.4 Å². The highest BCUT2D eigenvalue weighted by atomic mass is 19.1. The second-order valence-electron chi connectivity index (χ2n) is 17.3. The maximum absolute atomic E-state index is 17.1. The fraction of sp³-hybridized carbons (Fsp3) is 0. The summed E-state index contributed by atoms with van der Waals surface area (Å²) in [6.45, 7) is 0. The molecule has 0 bridgehead atoms. The fourth-order valence-electron chi connectivity index (χ4n) is 10.0. The molecule has 12 aromatic rings. The third-order valence-electron chi connectivity index (χ3n) is 13.2. The Balaban J connectivity index is 1.12. The molecule has 330 valence electrons.